The van der Waals surface area contributed by atoms with Gasteiger partial charge in [-0.2, -0.15) is 8.78 Å². The molecular formula is C23H22F2N4O4. The van der Waals surface area contributed by atoms with Crippen LogP contribution in [0, 0.1) is 6.92 Å². The van der Waals surface area contributed by atoms with Crippen LogP contribution in [0.5, 0.6) is 17.2 Å². The van der Waals surface area contributed by atoms with Crippen LogP contribution in [-0.2, 0) is 17.3 Å². The Bertz CT molecular complexity index is 1200. The average molecular weight is 456 g/mol. The first-order chi connectivity index (χ1) is 15.7. The molecule has 3 heterocycles. The second-order valence-electron chi connectivity index (χ2n) is 7.62. The maximum absolute atomic E-state index is 13.9. The number of amides is 1. The first-order valence-electron chi connectivity index (χ1n) is 10.1. The van der Waals surface area contributed by atoms with E-state index in [0.29, 0.717) is 34.3 Å². The topological polar surface area (TPSA) is 94.6 Å². The maximum Gasteiger partial charge on any atom is 0.287 e. The zero-order valence-corrected chi connectivity index (χ0v) is 18.2. The molecule has 8 nitrogen and oxygen atoms in total. The predicted molar refractivity (Wildman–Crippen MR) is 117 cm³/mol. The highest BCUT2D eigenvalue weighted by atomic mass is 19.3. The third-order valence-electron chi connectivity index (χ3n) is 4.69. The Morgan fingerprint density at radius 2 is 1.97 bits per heavy atom. The zero-order chi connectivity index (χ0) is 23.6. The van der Waals surface area contributed by atoms with Crippen molar-refractivity contribution in [3.05, 3.63) is 59.5 Å². The fourth-order valence-electron chi connectivity index (χ4n) is 3.22. The number of carbonyl (C=O) groups excluding carboxylic acids is 1. The number of pyridine rings is 2. The monoisotopic (exact) mass is 456 g/mol. The number of aryl methyl sites for hydroxylation is 1. The van der Waals surface area contributed by atoms with Crippen LogP contribution in [-0.4, -0.2) is 22.7 Å². The van der Waals surface area contributed by atoms with E-state index in [4.69, 9.17) is 14.2 Å². The number of benzene rings is 1. The smallest absolute Gasteiger partial charge is 0.287 e. The van der Waals surface area contributed by atoms with Gasteiger partial charge in [0.15, 0.2) is 17.2 Å². The highest BCUT2D eigenvalue weighted by Crippen LogP contribution is 2.35. The summed E-state index contributed by atoms with van der Waals surface area (Å²) in [5.74, 6) is -1.45. The Balaban J connectivity index is 1.61. The predicted octanol–water partition coefficient (Wildman–Crippen LogP) is 4.91. The molecule has 0 unspecified atom stereocenters. The zero-order valence-electron chi connectivity index (χ0n) is 18.2. The SMILES string of the molecule is CC(=O)Nc1cc(Nc2cc(C)nc(C(C)(F)F)c2)c(OCc2ccc3c(c2)OCO3)cn1. The highest BCUT2D eigenvalue weighted by molar-refractivity contribution is 5.88. The lowest BCUT2D eigenvalue weighted by molar-refractivity contribution is -0.114. The third kappa shape index (κ3) is 5.46. The summed E-state index contributed by atoms with van der Waals surface area (Å²) in [6, 6.07) is 9.93. The molecule has 33 heavy (non-hydrogen) atoms. The van der Waals surface area contributed by atoms with Crippen LogP contribution >= 0.6 is 0 Å². The van der Waals surface area contributed by atoms with Crippen molar-refractivity contribution in [2.75, 3.05) is 17.4 Å². The summed E-state index contributed by atoms with van der Waals surface area (Å²) >= 11 is 0. The van der Waals surface area contributed by atoms with E-state index in [9.17, 15) is 13.6 Å². The van der Waals surface area contributed by atoms with Crippen LogP contribution in [0.1, 0.15) is 30.8 Å². The van der Waals surface area contributed by atoms with Crippen LogP contribution in [0.4, 0.5) is 26.0 Å². The normalized spacial score (nSPS) is 12.4. The molecule has 1 amide bonds. The van der Waals surface area contributed by atoms with E-state index in [2.05, 4.69) is 20.6 Å². The van der Waals surface area contributed by atoms with Crippen molar-refractivity contribution < 1.29 is 27.8 Å². The molecule has 10 heteroatoms. The standard InChI is InChI=1S/C23H22F2N4O4/c1-13-6-16(8-21(27-13)23(3,24)25)29-17-9-22(28-14(2)30)26-10-20(17)31-11-15-4-5-18-19(7-15)33-12-32-18/h4-10H,11-12H2,1-3H3,(H2,26,27,28,29,30). The number of aromatic nitrogens is 2. The van der Waals surface area contributed by atoms with Crippen LogP contribution < -0.4 is 24.8 Å². The molecule has 2 N–H and O–H groups in total. The first kappa shape index (κ1) is 22.3. The summed E-state index contributed by atoms with van der Waals surface area (Å²) in [5, 5.41) is 5.68. The number of nitrogens with one attached hydrogen (secondary N) is 2. The molecule has 0 fully saturated rings. The van der Waals surface area contributed by atoms with Gasteiger partial charge in [-0.1, -0.05) is 6.07 Å². The summed E-state index contributed by atoms with van der Waals surface area (Å²) in [7, 11) is 0. The first-order valence-corrected chi connectivity index (χ1v) is 10.1. The number of anilines is 3. The van der Waals surface area contributed by atoms with E-state index in [0.717, 1.165) is 12.5 Å². The summed E-state index contributed by atoms with van der Waals surface area (Å²) in [4.78, 5) is 19.6. The van der Waals surface area contributed by atoms with Gasteiger partial charge in [0, 0.05) is 31.3 Å². The number of nitrogens with zero attached hydrogens (tertiary/aromatic N) is 2. The molecule has 172 valence electrons. The minimum Gasteiger partial charge on any atom is -0.485 e. The Morgan fingerprint density at radius 3 is 2.73 bits per heavy atom. The van der Waals surface area contributed by atoms with E-state index in [1.807, 2.05) is 12.1 Å². The lowest BCUT2D eigenvalue weighted by Crippen LogP contribution is -2.11. The number of halogens is 2. The minimum absolute atomic E-state index is 0.173. The summed E-state index contributed by atoms with van der Waals surface area (Å²) in [5.41, 5.74) is 1.74. The van der Waals surface area contributed by atoms with Gasteiger partial charge < -0.3 is 24.8 Å². The van der Waals surface area contributed by atoms with Gasteiger partial charge in [-0.3, -0.25) is 9.78 Å². The van der Waals surface area contributed by atoms with Gasteiger partial charge in [-0.25, -0.2) is 4.98 Å². The molecule has 0 spiro atoms. The van der Waals surface area contributed by atoms with Crippen molar-refractivity contribution in [2.24, 2.45) is 0 Å². The fraction of sp³-hybridized carbons (Fsp3) is 0.261. The molecule has 0 saturated heterocycles. The van der Waals surface area contributed by atoms with E-state index in [1.54, 1.807) is 25.1 Å². The molecule has 0 saturated carbocycles. The molecule has 0 aliphatic carbocycles. The molecule has 0 atom stereocenters. The molecule has 4 rings (SSSR count). The van der Waals surface area contributed by atoms with E-state index >= 15 is 0 Å². The van der Waals surface area contributed by atoms with Gasteiger partial charge >= 0.3 is 0 Å². The number of hydrogen-bond donors (Lipinski definition) is 2. The van der Waals surface area contributed by atoms with Crippen LogP contribution in [0.15, 0.2) is 42.6 Å². The quantitative estimate of drug-likeness (QED) is 0.522. The highest BCUT2D eigenvalue weighted by Gasteiger charge is 2.27. The molecule has 3 aromatic rings. The number of alkyl halides is 2. The van der Waals surface area contributed by atoms with Gasteiger partial charge in [0.2, 0.25) is 12.7 Å². The summed E-state index contributed by atoms with van der Waals surface area (Å²) in [6.45, 7) is 4.15. The number of carbonyl (C=O) groups is 1. The molecule has 1 aromatic carbocycles. The second kappa shape index (κ2) is 8.89. The minimum atomic E-state index is -3.10. The summed E-state index contributed by atoms with van der Waals surface area (Å²) < 4.78 is 44.3. The third-order valence-corrected chi connectivity index (χ3v) is 4.69. The largest absolute Gasteiger partial charge is 0.485 e. The average Bonchev–Trinajstić information content (AvgIpc) is 3.19. The Morgan fingerprint density at radius 1 is 1.18 bits per heavy atom. The van der Waals surface area contributed by atoms with Gasteiger partial charge in [-0.05, 0) is 36.8 Å². The van der Waals surface area contributed by atoms with Crippen molar-refractivity contribution in [3.8, 4) is 17.2 Å². The van der Waals surface area contributed by atoms with Gasteiger partial charge in [0.25, 0.3) is 5.92 Å². The molecule has 0 bridgehead atoms. The Labute approximate surface area is 188 Å². The second-order valence-corrected chi connectivity index (χ2v) is 7.62. The molecular weight excluding hydrogens is 434 g/mol. The number of rotatable bonds is 7. The van der Waals surface area contributed by atoms with Crippen molar-refractivity contribution in [1.82, 2.24) is 9.97 Å². The lowest BCUT2D eigenvalue weighted by Gasteiger charge is -2.17. The van der Waals surface area contributed by atoms with Crippen molar-refractivity contribution in [2.45, 2.75) is 33.3 Å². The van der Waals surface area contributed by atoms with Crippen LogP contribution in [0.25, 0.3) is 0 Å². The van der Waals surface area contributed by atoms with Crippen LogP contribution in [0.3, 0.4) is 0 Å². The number of ether oxygens (including phenoxy) is 3. The van der Waals surface area contributed by atoms with E-state index < -0.39 is 5.92 Å². The van der Waals surface area contributed by atoms with E-state index in [-0.39, 0.29) is 30.8 Å². The van der Waals surface area contributed by atoms with Crippen molar-refractivity contribution >= 4 is 23.1 Å². The number of fused-ring (bicyclic) bond motifs is 1. The number of hydrogen-bond acceptors (Lipinski definition) is 7. The molecule has 1 aliphatic heterocycles. The fourth-order valence-corrected chi connectivity index (χ4v) is 3.22. The van der Waals surface area contributed by atoms with Crippen molar-refractivity contribution in [1.29, 1.82) is 0 Å². The van der Waals surface area contributed by atoms with Crippen molar-refractivity contribution in [3.63, 3.8) is 0 Å². The maximum atomic E-state index is 13.9. The summed E-state index contributed by atoms with van der Waals surface area (Å²) in [6.07, 6.45) is 1.45. The van der Waals surface area contributed by atoms with Gasteiger partial charge in [0.1, 0.15) is 18.1 Å². The van der Waals surface area contributed by atoms with E-state index in [1.165, 1.54) is 19.2 Å². The van der Waals surface area contributed by atoms with Gasteiger partial charge in [0.05, 0.1) is 11.9 Å². The Kier molecular flexibility index (Phi) is 5.99. The molecule has 1 aliphatic rings. The molecule has 2 aromatic heterocycles. The van der Waals surface area contributed by atoms with Crippen LogP contribution in [0.2, 0.25) is 0 Å². The molecule has 0 radical (unpaired) electrons. The lowest BCUT2D eigenvalue weighted by atomic mass is 10.2. The van der Waals surface area contributed by atoms with Gasteiger partial charge in [-0.15, -0.1) is 0 Å². The Hall–Kier alpha value is -3.95.